The Labute approximate surface area is 178 Å². The Balaban J connectivity index is 1.95. The number of benzene rings is 2. The summed E-state index contributed by atoms with van der Waals surface area (Å²) in [7, 11) is 0. The zero-order valence-corrected chi connectivity index (χ0v) is 18.4. The van der Waals surface area contributed by atoms with Crippen molar-refractivity contribution in [3.8, 4) is 5.75 Å². The molecule has 0 atom stereocenters. The number of ether oxygens (including phenoxy) is 1. The standard InChI is InChI=1S/C25H30N2O3/c1-6-16-30-20-14-8-17(9-15-20)21-22(24(29)27(7-2)23(21)28)26-19-12-10-18(11-13-19)25(3,4)5/h8-15,26H,6-7,16H2,1-5H3. The number of likely N-dealkylation sites (N-methyl/N-ethyl adjacent to an activating group) is 1. The third-order valence-corrected chi connectivity index (χ3v) is 5.12. The van der Waals surface area contributed by atoms with Crippen LogP contribution in [0.2, 0.25) is 0 Å². The molecule has 0 radical (unpaired) electrons. The van der Waals surface area contributed by atoms with E-state index in [0.29, 0.717) is 30.0 Å². The van der Waals surface area contributed by atoms with Crippen molar-refractivity contribution in [3.63, 3.8) is 0 Å². The molecule has 1 N–H and O–H groups in total. The molecule has 1 aliphatic rings. The van der Waals surface area contributed by atoms with Crippen LogP contribution in [0.5, 0.6) is 5.75 Å². The van der Waals surface area contributed by atoms with Crippen molar-refractivity contribution < 1.29 is 14.3 Å². The molecule has 2 aromatic rings. The first-order valence-corrected chi connectivity index (χ1v) is 10.5. The molecule has 3 rings (SSSR count). The van der Waals surface area contributed by atoms with Gasteiger partial charge in [-0.2, -0.15) is 0 Å². The van der Waals surface area contributed by atoms with Crippen molar-refractivity contribution in [2.24, 2.45) is 0 Å². The molecule has 0 aromatic heterocycles. The fourth-order valence-corrected chi connectivity index (χ4v) is 3.38. The van der Waals surface area contributed by atoms with E-state index in [9.17, 15) is 9.59 Å². The summed E-state index contributed by atoms with van der Waals surface area (Å²) in [5.74, 6) is 0.167. The van der Waals surface area contributed by atoms with Crippen molar-refractivity contribution in [1.29, 1.82) is 0 Å². The molecular weight excluding hydrogens is 376 g/mol. The lowest BCUT2D eigenvalue weighted by Crippen LogP contribution is -2.32. The molecule has 2 amide bonds. The van der Waals surface area contributed by atoms with Gasteiger partial charge in [0.1, 0.15) is 11.4 Å². The topological polar surface area (TPSA) is 58.6 Å². The normalized spacial score (nSPS) is 14.5. The van der Waals surface area contributed by atoms with Gasteiger partial charge in [0.25, 0.3) is 11.8 Å². The Hall–Kier alpha value is -3.08. The first kappa shape index (κ1) is 21.6. The van der Waals surface area contributed by atoms with Gasteiger partial charge in [-0.25, -0.2) is 0 Å². The predicted octanol–water partition coefficient (Wildman–Crippen LogP) is 4.98. The van der Waals surface area contributed by atoms with Crippen molar-refractivity contribution in [2.75, 3.05) is 18.5 Å². The highest BCUT2D eigenvalue weighted by atomic mass is 16.5. The highest BCUT2D eigenvalue weighted by molar-refractivity contribution is 6.36. The van der Waals surface area contributed by atoms with Crippen molar-refractivity contribution in [3.05, 3.63) is 65.4 Å². The van der Waals surface area contributed by atoms with Crippen LogP contribution in [-0.4, -0.2) is 29.9 Å². The number of hydrogen-bond acceptors (Lipinski definition) is 4. The average Bonchev–Trinajstić information content (AvgIpc) is 2.95. The van der Waals surface area contributed by atoms with E-state index in [1.165, 1.54) is 10.5 Å². The number of carbonyl (C=O) groups excluding carboxylic acids is 2. The number of nitrogens with zero attached hydrogens (tertiary/aromatic N) is 1. The van der Waals surface area contributed by atoms with Crippen molar-refractivity contribution in [2.45, 2.75) is 46.5 Å². The molecule has 0 saturated carbocycles. The number of carbonyl (C=O) groups is 2. The second-order valence-electron chi connectivity index (χ2n) is 8.43. The zero-order valence-electron chi connectivity index (χ0n) is 18.4. The van der Waals surface area contributed by atoms with Crippen LogP contribution in [0.25, 0.3) is 5.57 Å². The largest absolute Gasteiger partial charge is 0.494 e. The van der Waals surface area contributed by atoms with Gasteiger partial charge < -0.3 is 10.1 Å². The number of hydrogen-bond donors (Lipinski definition) is 1. The van der Waals surface area contributed by atoms with Crippen LogP contribution in [0.1, 0.15) is 52.2 Å². The monoisotopic (exact) mass is 406 g/mol. The van der Waals surface area contributed by atoms with Gasteiger partial charge in [-0.15, -0.1) is 0 Å². The first-order chi connectivity index (χ1) is 14.3. The van der Waals surface area contributed by atoms with Crippen LogP contribution in [-0.2, 0) is 15.0 Å². The van der Waals surface area contributed by atoms with Crippen LogP contribution in [0.15, 0.2) is 54.2 Å². The second kappa shape index (κ2) is 8.74. The van der Waals surface area contributed by atoms with E-state index in [1.54, 1.807) is 6.92 Å². The Morgan fingerprint density at radius 1 is 0.900 bits per heavy atom. The third kappa shape index (κ3) is 4.40. The Kier molecular flexibility index (Phi) is 6.30. The van der Waals surface area contributed by atoms with Gasteiger partial charge in [0.15, 0.2) is 0 Å². The van der Waals surface area contributed by atoms with Gasteiger partial charge in [0.2, 0.25) is 0 Å². The lowest BCUT2D eigenvalue weighted by molar-refractivity contribution is -0.136. The average molecular weight is 407 g/mol. The van der Waals surface area contributed by atoms with E-state index in [1.807, 2.05) is 55.5 Å². The molecule has 2 aromatic carbocycles. The molecule has 0 fully saturated rings. The lowest BCUT2D eigenvalue weighted by atomic mass is 9.87. The summed E-state index contributed by atoms with van der Waals surface area (Å²) in [6.45, 7) is 11.3. The SMILES string of the molecule is CCCOc1ccc(C2=C(Nc3ccc(C(C)(C)C)cc3)C(=O)N(CC)C2=O)cc1. The van der Waals surface area contributed by atoms with Crippen LogP contribution in [0.4, 0.5) is 5.69 Å². The van der Waals surface area contributed by atoms with E-state index in [0.717, 1.165) is 17.9 Å². The van der Waals surface area contributed by atoms with Gasteiger partial charge in [0, 0.05) is 12.2 Å². The van der Waals surface area contributed by atoms with Gasteiger partial charge >= 0.3 is 0 Å². The molecule has 5 nitrogen and oxygen atoms in total. The molecule has 0 spiro atoms. The van der Waals surface area contributed by atoms with E-state index in [-0.39, 0.29) is 17.2 Å². The molecule has 1 heterocycles. The minimum Gasteiger partial charge on any atom is -0.494 e. The lowest BCUT2D eigenvalue weighted by Gasteiger charge is -2.19. The Bertz CT molecular complexity index is 951. The molecule has 158 valence electrons. The van der Waals surface area contributed by atoms with Crippen molar-refractivity contribution in [1.82, 2.24) is 4.90 Å². The quantitative estimate of drug-likeness (QED) is 0.659. The molecular formula is C25H30N2O3. The van der Waals surface area contributed by atoms with Gasteiger partial charge in [-0.05, 0) is 54.2 Å². The molecule has 5 heteroatoms. The van der Waals surface area contributed by atoms with Crippen LogP contribution < -0.4 is 10.1 Å². The van der Waals surface area contributed by atoms with Gasteiger partial charge in [0.05, 0.1) is 12.2 Å². The molecule has 0 bridgehead atoms. The second-order valence-corrected chi connectivity index (χ2v) is 8.43. The number of amides is 2. The van der Waals surface area contributed by atoms with E-state index < -0.39 is 0 Å². The smallest absolute Gasteiger partial charge is 0.278 e. The molecule has 0 saturated heterocycles. The molecule has 0 unspecified atom stereocenters. The highest BCUT2D eigenvalue weighted by Gasteiger charge is 2.38. The zero-order chi connectivity index (χ0) is 21.9. The van der Waals surface area contributed by atoms with Gasteiger partial charge in [-0.3, -0.25) is 14.5 Å². The maximum Gasteiger partial charge on any atom is 0.278 e. The number of rotatable bonds is 7. The van der Waals surface area contributed by atoms with Gasteiger partial charge in [-0.1, -0.05) is 52.0 Å². The van der Waals surface area contributed by atoms with E-state index in [4.69, 9.17) is 4.74 Å². The highest BCUT2D eigenvalue weighted by Crippen LogP contribution is 2.32. The fraction of sp³-hybridized carbons (Fsp3) is 0.360. The molecule has 0 aliphatic carbocycles. The van der Waals surface area contributed by atoms with Crippen molar-refractivity contribution >= 4 is 23.1 Å². The number of imide groups is 1. The maximum absolute atomic E-state index is 13.0. The Morgan fingerprint density at radius 2 is 1.53 bits per heavy atom. The maximum atomic E-state index is 13.0. The molecule has 30 heavy (non-hydrogen) atoms. The van der Waals surface area contributed by atoms with E-state index >= 15 is 0 Å². The molecule has 1 aliphatic heterocycles. The fourth-order valence-electron chi connectivity index (χ4n) is 3.38. The summed E-state index contributed by atoms with van der Waals surface area (Å²) in [5, 5.41) is 3.20. The summed E-state index contributed by atoms with van der Waals surface area (Å²) < 4.78 is 5.63. The minimum atomic E-state index is -0.302. The van der Waals surface area contributed by atoms with Crippen LogP contribution in [0.3, 0.4) is 0 Å². The summed E-state index contributed by atoms with van der Waals surface area (Å²) in [5.41, 5.74) is 3.42. The summed E-state index contributed by atoms with van der Waals surface area (Å²) in [4.78, 5) is 27.2. The number of anilines is 1. The van der Waals surface area contributed by atoms with E-state index in [2.05, 4.69) is 26.1 Å². The number of nitrogens with one attached hydrogen (secondary N) is 1. The summed E-state index contributed by atoms with van der Waals surface area (Å²) in [6.07, 6.45) is 0.924. The van der Waals surface area contributed by atoms with Crippen LogP contribution in [0, 0.1) is 0 Å². The predicted molar refractivity (Wildman–Crippen MR) is 120 cm³/mol. The summed E-state index contributed by atoms with van der Waals surface area (Å²) in [6, 6.07) is 15.3. The first-order valence-electron chi connectivity index (χ1n) is 10.5. The minimum absolute atomic E-state index is 0.0444. The summed E-state index contributed by atoms with van der Waals surface area (Å²) >= 11 is 0. The third-order valence-electron chi connectivity index (χ3n) is 5.12. The van der Waals surface area contributed by atoms with Crippen LogP contribution >= 0.6 is 0 Å². The Morgan fingerprint density at radius 3 is 2.07 bits per heavy atom.